The summed E-state index contributed by atoms with van der Waals surface area (Å²) in [6.45, 7) is 1.68. The molecule has 6 heteroatoms. The van der Waals surface area contributed by atoms with Crippen molar-refractivity contribution in [1.29, 1.82) is 5.26 Å². The van der Waals surface area contributed by atoms with Gasteiger partial charge in [0.2, 0.25) is 0 Å². The fourth-order valence-electron chi connectivity index (χ4n) is 4.89. The Labute approximate surface area is 242 Å². The monoisotopic (exact) mass is 549 g/mol. The number of hydrogen-bond acceptors (Lipinski definition) is 6. The summed E-state index contributed by atoms with van der Waals surface area (Å²) in [5.74, 6) is 0. The SMILES string of the molecule is N#C[C@H]1O[C@H](COCc2ccccc2)[C@@H](OCc2ccccc2)[C@H](OCc2ccccc2)[C@H]1OCc1ccccc1. The fraction of sp³-hybridized carbons (Fsp3) is 0.286. The van der Waals surface area contributed by atoms with E-state index in [9.17, 15) is 5.26 Å². The number of benzene rings is 4. The van der Waals surface area contributed by atoms with E-state index < -0.39 is 30.5 Å². The van der Waals surface area contributed by atoms with Gasteiger partial charge in [-0.25, -0.2) is 0 Å². The molecule has 210 valence electrons. The van der Waals surface area contributed by atoms with Crippen LogP contribution in [0.25, 0.3) is 0 Å². The van der Waals surface area contributed by atoms with Crippen LogP contribution in [0.15, 0.2) is 121 Å². The molecule has 4 aromatic rings. The first-order valence-corrected chi connectivity index (χ1v) is 13.9. The van der Waals surface area contributed by atoms with Crippen molar-refractivity contribution in [2.24, 2.45) is 0 Å². The molecule has 0 N–H and O–H groups in total. The maximum Gasteiger partial charge on any atom is 0.173 e. The van der Waals surface area contributed by atoms with Gasteiger partial charge in [0.1, 0.15) is 24.4 Å². The highest BCUT2D eigenvalue weighted by atomic mass is 16.6. The Bertz CT molecular complexity index is 1330. The molecule has 1 aliphatic rings. The van der Waals surface area contributed by atoms with Crippen LogP contribution in [0.2, 0.25) is 0 Å². The van der Waals surface area contributed by atoms with Crippen LogP contribution >= 0.6 is 0 Å². The Morgan fingerprint density at radius 1 is 0.512 bits per heavy atom. The quantitative estimate of drug-likeness (QED) is 0.196. The summed E-state index contributed by atoms with van der Waals surface area (Å²) in [7, 11) is 0. The predicted octanol–water partition coefficient (Wildman–Crippen LogP) is 6.25. The normalized spacial score (nSPS) is 22.2. The maximum absolute atomic E-state index is 10.2. The van der Waals surface area contributed by atoms with Gasteiger partial charge in [-0.15, -0.1) is 0 Å². The zero-order valence-electron chi connectivity index (χ0n) is 23.0. The summed E-state index contributed by atoms with van der Waals surface area (Å²) >= 11 is 0. The molecule has 41 heavy (non-hydrogen) atoms. The highest BCUT2D eigenvalue weighted by molar-refractivity contribution is 5.17. The van der Waals surface area contributed by atoms with Gasteiger partial charge in [0.15, 0.2) is 6.10 Å². The molecule has 4 aromatic carbocycles. The lowest BCUT2D eigenvalue weighted by atomic mass is 9.94. The molecule has 1 saturated heterocycles. The lowest BCUT2D eigenvalue weighted by Crippen LogP contribution is -2.60. The first kappa shape index (κ1) is 28.7. The minimum atomic E-state index is -0.860. The Hall–Kier alpha value is -3.83. The molecule has 6 nitrogen and oxygen atoms in total. The van der Waals surface area contributed by atoms with Crippen molar-refractivity contribution >= 4 is 0 Å². The van der Waals surface area contributed by atoms with Gasteiger partial charge in [-0.2, -0.15) is 5.26 Å². The van der Waals surface area contributed by atoms with Gasteiger partial charge in [-0.05, 0) is 22.3 Å². The number of rotatable bonds is 13. The summed E-state index contributed by atoms with van der Waals surface area (Å²) in [6.07, 6.45) is -3.19. The first-order chi connectivity index (χ1) is 20.3. The molecule has 1 heterocycles. The molecule has 5 rings (SSSR count). The van der Waals surface area contributed by atoms with Crippen molar-refractivity contribution in [3.8, 4) is 6.07 Å². The Morgan fingerprint density at radius 2 is 0.902 bits per heavy atom. The molecule has 0 radical (unpaired) electrons. The van der Waals surface area contributed by atoms with E-state index in [-0.39, 0.29) is 6.61 Å². The second-order valence-corrected chi connectivity index (χ2v) is 10.0. The standard InChI is InChI=1S/C35H35NO5/c36-21-31-33(38-23-28-15-7-2-8-16-28)35(40-25-30-19-11-4-12-20-30)34(39-24-29-17-9-3-10-18-29)32(41-31)26-37-22-27-13-5-1-6-14-27/h1-20,31-35H,22-26H2/t31-,32-,33+,34-,35-/m1/s1. The van der Waals surface area contributed by atoms with Crippen molar-refractivity contribution in [3.05, 3.63) is 144 Å². The first-order valence-electron chi connectivity index (χ1n) is 13.9. The molecule has 1 aliphatic heterocycles. The van der Waals surface area contributed by atoms with Crippen LogP contribution in [0, 0.1) is 11.3 Å². The van der Waals surface area contributed by atoms with Crippen molar-refractivity contribution in [1.82, 2.24) is 0 Å². The lowest BCUT2D eigenvalue weighted by molar-refractivity contribution is -0.261. The van der Waals surface area contributed by atoms with Crippen LogP contribution in [0.1, 0.15) is 22.3 Å². The largest absolute Gasteiger partial charge is 0.374 e. The Balaban J connectivity index is 1.39. The molecule has 0 unspecified atom stereocenters. The molecule has 0 amide bonds. The molecule has 5 atom stereocenters. The molecule has 0 saturated carbocycles. The van der Waals surface area contributed by atoms with Gasteiger partial charge < -0.3 is 23.7 Å². The van der Waals surface area contributed by atoms with Gasteiger partial charge in [0.25, 0.3) is 0 Å². The fourth-order valence-corrected chi connectivity index (χ4v) is 4.89. The van der Waals surface area contributed by atoms with E-state index in [1.165, 1.54) is 0 Å². The third-order valence-electron chi connectivity index (χ3n) is 7.01. The van der Waals surface area contributed by atoms with E-state index in [0.29, 0.717) is 26.4 Å². The van der Waals surface area contributed by atoms with Crippen molar-refractivity contribution in [2.75, 3.05) is 6.61 Å². The third kappa shape index (κ3) is 8.34. The average molecular weight is 550 g/mol. The van der Waals surface area contributed by atoms with Gasteiger partial charge in [-0.3, -0.25) is 0 Å². The number of ether oxygens (including phenoxy) is 5. The molecule has 1 fully saturated rings. The zero-order chi connectivity index (χ0) is 28.1. The summed E-state index contributed by atoms with van der Waals surface area (Å²) in [4.78, 5) is 0. The molecular formula is C35H35NO5. The van der Waals surface area contributed by atoms with Gasteiger partial charge in [0, 0.05) is 0 Å². The Kier molecular flexibility index (Phi) is 10.7. The van der Waals surface area contributed by atoms with E-state index in [4.69, 9.17) is 23.7 Å². The lowest BCUT2D eigenvalue weighted by Gasteiger charge is -2.44. The number of nitriles is 1. The van der Waals surface area contributed by atoms with E-state index in [1.807, 2.05) is 121 Å². The van der Waals surface area contributed by atoms with Gasteiger partial charge in [0.05, 0.1) is 39.1 Å². The highest BCUT2D eigenvalue weighted by Gasteiger charge is 2.48. The van der Waals surface area contributed by atoms with Crippen LogP contribution in [0.4, 0.5) is 0 Å². The smallest absolute Gasteiger partial charge is 0.173 e. The van der Waals surface area contributed by atoms with E-state index in [0.717, 1.165) is 22.3 Å². The van der Waals surface area contributed by atoms with Crippen LogP contribution in [0.3, 0.4) is 0 Å². The van der Waals surface area contributed by atoms with E-state index >= 15 is 0 Å². The molecule has 0 bridgehead atoms. The van der Waals surface area contributed by atoms with Crippen molar-refractivity contribution in [3.63, 3.8) is 0 Å². The second kappa shape index (κ2) is 15.2. The summed E-state index contributed by atoms with van der Waals surface area (Å²) in [5, 5.41) is 10.2. The minimum Gasteiger partial charge on any atom is -0.374 e. The van der Waals surface area contributed by atoms with Crippen LogP contribution in [-0.4, -0.2) is 37.1 Å². The van der Waals surface area contributed by atoms with Gasteiger partial charge >= 0.3 is 0 Å². The molecule has 0 aromatic heterocycles. The molecule has 0 aliphatic carbocycles. The summed E-state index contributed by atoms with van der Waals surface area (Å²) in [6, 6.07) is 42.1. The van der Waals surface area contributed by atoms with Crippen molar-refractivity contribution in [2.45, 2.75) is 56.9 Å². The predicted molar refractivity (Wildman–Crippen MR) is 155 cm³/mol. The highest BCUT2D eigenvalue weighted by Crippen LogP contribution is 2.31. The number of nitrogens with zero attached hydrogens (tertiary/aromatic N) is 1. The summed E-state index contributed by atoms with van der Waals surface area (Å²) < 4.78 is 31.9. The van der Waals surface area contributed by atoms with Crippen molar-refractivity contribution < 1.29 is 23.7 Å². The molecule has 0 spiro atoms. The maximum atomic E-state index is 10.2. The third-order valence-corrected chi connectivity index (χ3v) is 7.01. The molecular weight excluding hydrogens is 514 g/mol. The number of hydrogen-bond donors (Lipinski definition) is 0. The van der Waals surface area contributed by atoms with E-state index in [1.54, 1.807) is 0 Å². The second-order valence-electron chi connectivity index (χ2n) is 10.0. The van der Waals surface area contributed by atoms with Crippen LogP contribution in [-0.2, 0) is 50.1 Å². The summed E-state index contributed by atoms with van der Waals surface area (Å²) in [5.41, 5.74) is 4.11. The van der Waals surface area contributed by atoms with Gasteiger partial charge in [-0.1, -0.05) is 121 Å². The average Bonchev–Trinajstić information content (AvgIpc) is 3.04. The van der Waals surface area contributed by atoms with Crippen LogP contribution in [0.5, 0.6) is 0 Å². The zero-order valence-corrected chi connectivity index (χ0v) is 23.0. The van der Waals surface area contributed by atoms with E-state index in [2.05, 4.69) is 6.07 Å². The van der Waals surface area contributed by atoms with Crippen LogP contribution < -0.4 is 0 Å². The Morgan fingerprint density at radius 3 is 1.34 bits per heavy atom. The minimum absolute atomic E-state index is 0.239. The topological polar surface area (TPSA) is 69.9 Å².